The van der Waals surface area contributed by atoms with Crippen molar-refractivity contribution in [1.29, 1.82) is 0 Å². The summed E-state index contributed by atoms with van der Waals surface area (Å²) >= 11 is 0. The van der Waals surface area contributed by atoms with Crippen LogP contribution in [0.25, 0.3) is 0 Å². The Bertz CT molecular complexity index is 329. The zero-order chi connectivity index (χ0) is 10.0. The third-order valence-corrected chi connectivity index (χ3v) is 1.49. The molecule has 0 saturated carbocycles. The predicted molar refractivity (Wildman–Crippen MR) is 53.2 cm³/mol. The molecular formula is C8H7B2NO2. The van der Waals surface area contributed by atoms with Crippen LogP contribution in [0, 0.1) is 0 Å². The average Bonchev–Trinajstić information content (AvgIpc) is 1.96. The van der Waals surface area contributed by atoms with Gasteiger partial charge in [0.25, 0.3) is 0 Å². The van der Waals surface area contributed by atoms with Gasteiger partial charge in [-0.05, 0) is 12.1 Å². The van der Waals surface area contributed by atoms with Gasteiger partial charge in [0.15, 0.2) is 0 Å². The molecule has 0 aliphatic rings. The van der Waals surface area contributed by atoms with Crippen LogP contribution in [-0.4, -0.2) is 26.7 Å². The number of nitrogens with one attached hydrogen (secondary N) is 1. The van der Waals surface area contributed by atoms with E-state index in [1.54, 1.807) is 0 Å². The number of carbonyl (C=O) groups excluding carboxylic acids is 1. The number of anilines is 1. The highest BCUT2D eigenvalue weighted by Gasteiger charge is 2.04. The average molecular weight is 171 g/mol. The molecule has 13 heavy (non-hydrogen) atoms. The van der Waals surface area contributed by atoms with Crippen LogP contribution < -0.4 is 16.2 Å². The molecule has 4 radical (unpaired) electrons. The Hall–Kier alpha value is -1.38. The zero-order valence-corrected chi connectivity index (χ0v) is 7.16. The van der Waals surface area contributed by atoms with Gasteiger partial charge in [0.05, 0.1) is 0 Å². The molecule has 0 aliphatic heterocycles. The van der Waals surface area contributed by atoms with E-state index in [9.17, 15) is 4.79 Å². The van der Waals surface area contributed by atoms with E-state index in [0.717, 1.165) is 0 Å². The highest BCUT2D eigenvalue weighted by atomic mass is 16.3. The van der Waals surface area contributed by atoms with E-state index in [1.807, 2.05) is 0 Å². The highest BCUT2D eigenvalue weighted by Crippen LogP contribution is 2.07. The van der Waals surface area contributed by atoms with Crippen molar-refractivity contribution in [3.63, 3.8) is 0 Å². The molecule has 3 nitrogen and oxygen atoms in total. The molecule has 0 spiro atoms. The van der Waals surface area contributed by atoms with Crippen LogP contribution in [0.3, 0.4) is 0 Å². The second-order valence-corrected chi connectivity index (χ2v) is 2.68. The number of phenols is 1. The van der Waals surface area contributed by atoms with Crippen LogP contribution in [0.2, 0.25) is 0 Å². The Morgan fingerprint density at radius 3 is 2.23 bits per heavy atom. The van der Waals surface area contributed by atoms with E-state index in [2.05, 4.69) is 5.32 Å². The van der Waals surface area contributed by atoms with E-state index in [4.69, 9.17) is 20.8 Å². The number of rotatable bonds is 1. The van der Waals surface area contributed by atoms with Gasteiger partial charge in [-0.25, -0.2) is 0 Å². The fourth-order valence-electron chi connectivity index (χ4n) is 0.992. The number of hydrogen-bond donors (Lipinski definition) is 2. The van der Waals surface area contributed by atoms with Crippen molar-refractivity contribution < 1.29 is 9.90 Å². The highest BCUT2D eigenvalue weighted by molar-refractivity contribution is 6.44. The summed E-state index contributed by atoms with van der Waals surface area (Å²) in [4.78, 5) is 10.7. The number of hydrogen-bond acceptors (Lipinski definition) is 2. The molecule has 0 saturated heterocycles. The van der Waals surface area contributed by atoms with Crippen LogP contribution in [0.5, 0.6) is 5.75 Å². The lowest BCUT2D eigenvalue weighted by molar-refractivity contribution is -0.114. The van der Waals surface area contributed by atoms with Crippen molar-refractivity contribution in [3.8, 4) is 5.75 Å². The Morgan fingerprint density at radius 1 is 1.38 bits per heavy atom. The Balaban J connectivity index is 3.13. The summed E-state index contributed by atoms with van der Waals surface area (Å²) in [6.07, 6.45) is 0. The second-order valence-electron chi connectivity index (χ2n) is 2.68. The zero-order valence-electron chi connectivity index (χ0n) is 7.16. The summed E-state index contributed by atoms with van der Waals surface area (Å²) < 4.78 is 0. The van der Waals surface area contributed by atoms with E-state index >= 15 is 0 Å². The number of aromatic hydroxyl groups is 1. The maximum absolute atomic E-state index is 10.7. The van der Waals surface area contributed by atoms with Crippen LogP contribution in [0.1, 0.15) is 6.92 Å². The van der Waals surface area contributed by atoms with Gasteiger partial charge < -0.3 is 10.4 Å². The standard InChI is InChI=1S/C8H7B2NO2/c1-4(12)11-8-6(9)2-5(13)3-7(8)10/h2-3,13H,1H3,(H,11,12). The third kappa shape index (κ3) is 2.28. The van der Waals surface area contributed by atoms with Crippen LogP contribution >= 0.6 is 0 Å². The van der Waals surface area contributed by atoms with Gasteiger partial charge in [-0.3, -0.25) is 4.79 Å². The smallest absolute Gasteiger partial charge is 0.221 e. The Kier molecular flexibility index (Phi) is 2.66. The van der Waals surface area contributed by atoms with E-state index < -0.39 is 0 Å². The number of benzene rings is 1. The summed E-state index contributed by atoms with van der Waals surface area (Å²) in [7, 11) is 11.0. The lowest BCUT2D eigenvalue weighted by Crippen LogP contribution is -2.24. The molecule has 0 aliphatic carbocycles. The number of carbonyl (C=O) groups is 1. The quantitative estimate of drug-likeness (QED) is 0.417. The predicted octanol–water partition coefficient (Wildman–Crippen LogP) is -1.06. The summed E-state index contributed by atoms with van der Waals surface area (Å²) in [6, 6.07) is 2.64. The van der Waals surface area contributed by atoms with Gasteiger partial charge in [0, 0.05) is 12.6 Å². The summed E-state index contributed by atoms with van der Waals surface area (Å²) in [5, 5.41) is 11.5. The monoisotopic (exact) mass is 171 g/mol. The molecule has 1 aromatic carbocycles. The van der Waals surface area contributed by atoms with Crippen molar-refractivity contribution in [2.45, 2.75) is 6.92 Å². The van der Waals surface area contributed by atoms with E-state index in [-0.39, 0.29) is 22.6 Å². The molecule has 0 unspecified atom stereocenters. The van der Waals surface area contributed by atoms with Gasteiger partial charge in [-0.1, -0.05) is 10.9 Å². The first-order valence-corrected chi connectivity index (χ1v) is 3.66. The Labute approximate surface area is 79.0 Å². The first kappa shape index (κ1) is 9.71. The molecule has 1 rings (SSSR count). The number of phenolic OH excluding ortho intramolecular Hbond substituents is 1. The molecule has 0 atom stereocenters. The van der Waals surface area contributed by atoms with E-state index in [1.165, 1.54) is 19.1 Å². The maximum atomic E-state index is 10.7. The third-order valence-electron chi connectivity index (χ3n) is 1.49. The molecule has 1 amide bonds. The van der Waals surface area contributed by atoms with Crippen molar-refractivity contribution in [1.82, 2.24) is 0 Å². The second kappa shape index (κ2) is 3.56. The van der Waals surface area contributed by atoms with Gasteiger partial charge >= 0.3 is 0 Å². The molecule has 0 fully saturated rings. The molecule has 0 bridgehead atoms. The lowest BCUT2D eigenvalue weighted by atomic mass is 9.84. The molecule has 1 aromatic rings. The minimum atomic E-state index is -0.260. The van der Waals surface area contributed by atoms with Crippen molar-refractivity contribution in [2.75, 3.05) is 5.32 Å². The van der Waals surface area contributed by atoms with Gasteiger partial charge in [0.1, 0.15) is 21.4 Å². The first-order chi connectivity index (χ1) is 6.00. The van der Waals surface area contributed by atoms with Gasteiger partial charge in [-0.15, -0.1) is 0 Å². The molecule has 5 heteroatoms. The van der Waals surface area contributed by atoms with Crippen molar-refractivity contribution in [2.24, 2.45) is 0 Å². The first-order valence-electron chi connectivity index (χ1n) is 3.66. The van der Waals surface area contributed by atoms with Crippen LogP contribution in [-0.2, 0) is 4.79 Å². The fraction of sp³-hybridized carbons (Fsp3) is 0.125. The molecule has 62 valence electrons. The van der Waals surface area contributed by atoms with Crippen LogP contribution in [0.4, 0.5) is 5.69 Å². The number of amides is 1. The Morgan fingerprint density at radius 2 is 1.85 bits per heavy atom. The molecular weight excluding hydrogens is 164 g/mol. The van der Waals surface area contributed by atoms with E-state index in [0.29, 0.717) is 5.69 Å². The summed E-state index contributed by atoms with van der Waals surface area (Å²) in [5.41, 5.74) is 0.825. The minimum absolute atomic E-state index is 0.0240. The summed E-state index contributed by atoms with van der Waals surface area (Å²) in [6.45, 7) is 1.35. The van der Waals surface area contributed by atoms with Gasteiger partial charge in [-0.2, -0.15) is 0 Å². The largest absolute Gasteiger partial charge is 0.508 e. The normalized spacial score (nSPS) is 9.62. The van der Waals surface area contributed by atoms with Crippen molar-refractivity contribution in [3.05, 3.63) is 12.1 Å². The fourth-order valence-corrected chi connectivity index (χ4v) is 0.992. The minimum Gasteiger partial charge on any atom is -0.508 e. The van der Waals surface area contributed by atoms with Gasteiger partial charge in [0.2, 0.25) is 5.91 Å². The SMILES string of the molecule is [B]c1cc(O)cc([B])c1NC(C)=O. The topological polar surface area (TPSA) is 49.3 Å². The maximum Gasteiger partial charge on any atom is 0.221 e. The summed E-state index contributed by atoms with van der Waals surface area (Å²) in [5.74, 6) is -0.284. The molecule has 2 N–H and O–H groups in total. The molecule has 0 heterocycles. The van der Waals surface area contributed by atoms with Crippen LogP contribution in [0.15, 0.2) is 12.1 Å². The molecule has 0 aromatic heterocycles. The van der Waals surface area contributed by atoms with Crippen molar-refractivity contribution >= 4 is 38.2 Å². The lowest BCUT2D eigenvalue weighted by Gasteiger charge is -2.11.